The molecule has 0 saturated carbocycles. The molecule has 0 unspecified atom stereocenters. The second kappa shape index (κ2) is 9.61. The summed E-state index contributed by atoms with van der Waals surface area (Å²) in [6.07, 6.45) is 0.271. The molecular weight excluding hydrogens is 496 g/mol. The van der Waals surface area contributed by atoms with Crippen LogP contribution in [0.3, 0.4) is 0 Å². The molecule has 5 nitrogen and oxygen atoms in total. The number of nitrogens with zero attached hydrogens (tertiary/aromatic N) is 3. The lowest BCUT2D eigenvalue weighted by atomic mass is 10.2. The second-order valence-electron chi connectivity index (χ2n) is 7.35. The van der Waals surface area contributed by atoms with Crippen molar-refractivity contribution in [3.8, 4) is 0 Å². The number of carbonyl (C=O) groups excluding carboxylic acids is 2. The molecule has 2 aliphatic heterocycles. The van der Waals surface area contributed by atoms with Gasteiger partial charge in [-0.1, -0.05) is 71.2 Å². The number of para-hydroxylation sites is 1. The number of amides is 2. The summed E-state index contributed by atoms with van der Waals surface area (Å²) in [5, 5.41) is -0.556. The van der Waals surface area contributed by atoms with Crippen LogP contribution in [-0.2, 0) is 4.79 Å². The predicted molar refractivity (Wildman–Crippen MR) is 129 cm³/mol. The van der Waals surface area contributed by atoms with Gasteiger partial charge in [0.05, 0.1) is 4.91 Å². The fourth-order valence-corrected chi connectivity index (χ4v) is 5.35. The van der Waals surface area contributed by atoms with Crippen LogP contribution in [0.1, 0.15) is 5.56 Å². The molecule has 2 aliphatic rings. The van der Waals surface area contributed by atoms with Crippen LogP contribution in [0.15, 0.2) is 59.5 Å². The summed E-state index contributed by atoms with van der Waals surface area (Å²) >= 11 is 19.5. The van der Waals surface area contributed by atoms with E-state index in [0.29, 0.717) is 37.9 Å². The number of rotatable bonds is 4. The van der Waals surface area contributed by atoms with Gasteiger partial charge in [-0.15, -0.1) is 0 Å². The quantitative estimate of drug-likeness (QED) is 0.405. The number of piperazine rings is 1. The third-order valence-corrected chi connectivity index (χ3v) is 6.80. The summed E-state index contributed by atoms with van der Waals surface area (Å²) < 4.78 is 12.1. The SMILES string of the molecule is O=C1S/C(=C/c2ccccc2F)C(=O)N1[C@H](N1CCN(c2ccccc2)CC1)C(Cl)(Cl)Cl. The smallest absolute Gasteiger partial charge is 0.295 e. The van der Waals surface area contributed by atoms with E-state index in [1.165, 1.54) is 18.2 Å². The van der Waals surface area contributed by atoms with Gasteiger partial charge in [-0.3, -0.25) is 14.5 Å². The molecule has 2 heterocycles. The average molecular weight is 515 g/mol. The first kappa shape index (κ1) is 23.4. The van der Waals surface area contributed by atoms with Crippen molar-refractivity contribution in [1.82, 2.24) is 9.80 Å². The average Bonchev–Trinajstić information content (AvgIpc) is 3.03. The van der Waals surface area contributed by atoms with E-state index in [9.17, 15) is 14.0 Å². The topological polar surface area (TPSA) is 43.9 Å². The molecule has 1 atom stereocenters. The highest BCUT2D eigenvalue weighted by atomic mass is 35.6. The molecule has 32 heavy (non-hydrogen) atoms. The Morgan fingerprint density at radius 2 is 1.56 bits per heavy atom. The Kier molecular flexibility index (Phi) is 7.03. The molecule has 2 amide bonds. The van der Waals surface area contributed by atoms with Crippen molar-refractivity contribution in [1.29, 1.82) is 0 Å². The Morgan fingerprint density at radius 3 is 2.19 bits per heavy atom. The molecule has 10 heteroatoms. The molecule has 0 N–H and O–H groups in total. The van der Waals surface area contributed by atoms with Gasteiger partial charge >= 0.3 is 0 Å². The van der Waals surface area contributed by atoms with Crippen LogP contribution in [0.4, 0.5) is 14.9 Å². The maximum Gasteiger partial charge on any atom is 0.295 e. The van der Waals surface area contributed by atoms with E-state index in [0.717, 1.165) is 10.6 Å². The number of carbonyl (C=O) groups is 2. The van der Waals surface area contributed by atoms with E-state index in [1.54, 1.807) is 12.1 Å². The third kappa shape index (κ3) is 4.92. The van der Waals surface area contributed by atoms with Crippen LogP contribution in [0.5, 0.6) is 0 Å². The van der Waals surface area contributed by atoms with E-state index in [2.05, 4.69) is 4.90 Å². The van der Waals surface area contributed by atoms with Gasteiger partial charge in [0.25, 0.3) is 11.1 Å². The molecule has 0 radical (unpaired) electrons. The molecular formula is C22H19Cl3FN3O2S. The Morgan fingerprint density at radius 1 is 0.938 bits per heavy atom. The third-order valence-electron chi connectivity index (χ3n) is 5.33. The van der Waals surface area contributed by atoms with Gasteiger partial charge in [0.2, 0.25) is 3.79 Å². The number of anilines is 1. The van der Waals surface area contributed by atoms with Crippen molar-refractivity contribution in [2.45, 2.75) is 9.96 Å². The summed E-state index contributed by atoms with van der Waals surface area (Å²) in [7, 11) is 0. The normalized spacial score (nSPS) is 20.3. The van der Waals surface area contributed by atoms with Crippen LogP contribution in [0.2, 0.25) is 0 Å². The lowest BCUT2D eigenvalue weighted by molar-refractivity contribution is -0.127. The monoisotopic (exact) mass is 513 g/mol. The first-order chi connectivity index (χ1) is 15.3. The van der Waals surface area contributed by atoms with Crippen LogP contribution >= 0.6 is 46.6 Å². The number of hydrogen-bond donors (Lipinski definition) is 0. The van der Waals surface area contributed by atoms with Crippen LogP contribution in [0, 0.1) is 5.82 Å². The molecule has 2 saturated heterocycles. The van der Waals surface area contributed by atoms with E-state index in [1.807, 2.05) is 35.2 Å². The molecule has 168 valence electrons. The molecule has 2 aromatic rings. The van der Waals surface area contributed by atoms with Gasteiger partial charge < -0.3 is 4.90 Å². The number of hydrogen-bond acceptors (Lipinski definition) is 5. The largest absolute Gasteiger partial charge is 0.369 e. The standard InChI is InChI=1S/C22H19Cl3FN3O2S/c23-22(24,25)20(28-12-10-27(11-13-28)16-7-2-1-3-8-16)29-19(30)18(32-21(29)31)14-15-6-4-5-9-17(15)26/h1-9,14,20H,10-13H2/b18-14+/t20-/m0/s1. The molecule has 0 bridgehead atoms. The van der Waals surface area contributed by atoms with Crippen molar-refractivity contribution >= 4 is 69.5 Å². The Balaban J connectivity index is 1.56. The minimum Gasteiger partial charge on any atom is -0.369 e. The highest BCUT2D eigenvalue weighted by molar-refractivity contribution is 8.18. The number of halogens is 4. The van der Waals surface area contributed by atoms with E-state index in [4.69, 9.17) is 34.8 Å². The zero-order valence-electron chi connectivity index (χ0n) is 16.8. The van der Waals surface area contributed by atoms with Crippen molar-refractivity contribution in [2.24, 2.45) is 0 Å². The second-order valence-corrected chi connectivity index (χ2v) is 10.7. The molecule has 2 fully saturated rings. The van der Waals surface area contributed by atoms with Gasteiger partial charge in [-0.25, -0.2) is 9.29 Å². The molecule has 2 aromatic carbocycles. The zero-order chi connectivity index (χ0) is 22.9. The lowest BCUT2D eigenvalue weighted by Gasteiger charge is -2.44. The van der Waals surface area contributed by atoms with Gasteiger partial charge in [0.1, 0.15) is 12.0 Å². The summed E-state index contributed by atoms with van der Waals surface area (Å²) in [6.45, 7) is 2.26. The minimum atomic E-state index is -1.92. The number of thioether (sulfide) groups is 1. The first-order valence-corrected chi connectivity index (χ1v) is 11.8. The highest BCUT2D eigenvalue weighted by Crippen LogP contribution is 2.42. The number of benzene rings is 2. The molecule has 0 aromatic heterocycles. The number of alkyl halides is 3. The summed E-state index contributed by atoms with van der Waals surface area (Å²) in [5.74, 6) is -1.10. The maximum atomic E-state index is 14.0. The van der Waals surface area contributed by atoms with Gasteiger partial charge in [0.15, 0.2) is 0 Å². The summed E-state index contributed by atoms with van der Waals surface area (Å²) in [5.41, 5.74) is 1.29. The molecule has 0 aliphatic carbocycles. The van der Waals surface area contributed by atoms with E-state index < -0.39 is 26.9 Å². The van der Waals surface area contributed by atoms with Gasteiger partial charge in [-0.2, -0.15) is 0 Å². The van der Waals surface area contributed by atoms with Crippen molar-refractivity contribution < 1.29 is 14.0 Å². The van der Waals surface area contributed by atoms with E-state index in [-0.39, 0.29) is 10.5 Å². The first-order valence-electron chi connectivity index (χ1n) is 9.88. The fraction of sp³-hybridized carbons (Fsp3) is 0.273. The van der Waals surface area contributed by atoms with Crippen molar-refractivity contribution in [3.05, 3.63) is 70.9 Å². The van der Waals surface area contributed by atoms with Crippen molar-refractivity contribution in [2.75, 3.05) is 31.1 Å². The zero-order valence-corrected chi connectivity index (χ0v) is 19.8. The Labute approximate surface area is 204 Å². The van der Waals surface area contributed by atoms with Gasteiger partial charge in [-0.05, 0) is 36.0 Å². The van der Waals surface area contributed by atoms with Crippen LogP contribution in [0.25, 0.3) is 6.08 Å². The van der Waals surface area contributed by atoms with Crippen molar-refractivity contribution in [3.63, 3.8) is 0 Å². The lowest BCUT2D eigenvalue weighted by Crippen LogP contribution is -2.61. The van der Waals surface area contributed by atoms with Crippen LogP contribution in [-0.4, -0.2) is 57.1 Å². The molecule has 0 spiro atoms. The van der Waals surface area contributed by atoms with E-state index >= 15 is 0 Å². The van der Waals surface area contributed by atoms with Gasteiger partial charge in [0, 0.05) is 37.4 Å². The predicted octanol–water partition coefficient (Wildman–Crippen LogP) is 5.38. The Bertz CT molecular complexity index is 1040. The number of imide groups is 1. The van der Waals surface area contributed by atoms with Crippen LogP contribution < -0.4 is 4.90 Å². The molecule has 4 rings (SSSR count). The highest BCUT2D eigenvalue weighted by Gasteiger charge is 2.51. The minimum absolute atomic E-state index is 0.0854. The maximum absolute atomic E-state index is 14.0. The summed E-state index contributed by atoms with van der Waals surface area (Å²) in [4.78, 5) is 31.0. The Hall–Kier alpha value is -1.77. The fourth-order valence-electron chi connectivity index (χ4n) is 3.80. The summed E-state index contributed by atoms with van der Waals surface area (Å²) in [6, 6.07) is 15.9.